The van der Waals surface area contributed by atoms with Gasteiger partial charge in [0.2, 0.25) is 0 Å². The van der Waals surface area contributed by atoms with E-state index in [0.29, 0.717) is 0 Å². The van der Waals surface area contributed by atoms with Gasteiger partial charge in [-0.05, 0) is 45.5 Å². The minimum atomic E-state index is 0. The number of rotatable bonds is 22. The van der Waals surface area contributed by atoms with Crippen LogP contribution in [0.1, 0.15) is 128 Å². The Balaban J connectivity index is 0.00000900. The van der Waals surface area contributed by atoms with Crippen LogP contribution in [0.3, 0.4) is 0 Å². The lowest BCUT2D eigenvalue weighted by Gasteiger charge is -2.08. The Morgan fingerprint density at radius 1 is 0.452 bits per heavy atom. The van der Waals surface area contributed by atoms with Gasteiger partial charge in [-0.3, -0.25) is 0 Å². The summed E-state index contributed by atoms with van der Waals surface area (Å²) in [7, 11) is 4.35. The monoisotopic (exact) mass is 451 g/mol. The minimum Gasteiger partial charge on any atom is -0.309 e. The SMILES string of the molecule is CN(C)CCCCCCCCCCCCCCCCCCCCCc1ccccc1.Cl. The number of hydrogen-bond acceptors (Lipinski definition) is 1. The zero-order valence-corrected chi connectivity index (χ0v) is 21.9. The van der Waals surface area contributed by atoms with Crippen LogP contribution in [0.25, 0.3) is 0 Å². The van der Waals surface area contributed by atoms with Gasteiger partial charge >= 0.3 is 0 Å². The van der Waals surface area contributed by atoms with Crippen molar-refractivity contribution in [1.29, 1.82) is 0 Å². The number of halogens is 1. The molecule has 0 radical (unpaired) electrons. The molecule has 0 spiro atoms. The van der Waals surface area contributed by atoms with Gasteiger partial charge in [0.05, 0.1) is 0 Å². The van der Waals surface area contributed by atoms with Crippen molar-refractivity contribution < 1.29 is 0 Å². The quantitative estimate of drug-likeness (QED) is 0.158. The molecule has 0 aliphatic carbocycles. The van der Waals surface area contributed by atoms with Crippen molar-refractivity contribution >= 4 is 12.4 Å². The summed E-state index contributed by atoms with van der Waals surface area (Å²) in [5, 5.41) is 0. The first-order valence-electron chi connectivity index (χ1n) is 13.5. The van der Waals surface area contributed by atoms with Crippen molar-refractivity contribution in [2.75, 3.05) is 20.6 Å². The Labute approximate surface area is 202 Å². The molecule has 1 aromatic rings. The first kappa shape index (κ1) is 30.5. The van der Waals surface area contributed by atoms with Gasteiger partial charge in [-0.1, -0.05) is 139 Å². The second-order valence-corrected chi connectivity index (χ2v) is 9.76. The van der Waals surface area contributed by atoms with E-state index in [4.69, 9.17) is 0 Å². The predicted octanol–water partition coefficient (Wildman–Crippen LogP) is 9.62. The van der Waals surface area contributed by atoms with Crippen molar-refractivity contribution in [1.82, 2.24) is 4.90 Å². The Morgan fingerprint density at radius 3 is 1.13 bits per heavy atom. The average Bonchev–Trinajstić information content (AvgIpc) is 2.75. The van der Waals surface area contributed by atoms with E-state index in [2.05, 4.69) is 49.3 Å². The van der Waals surface area contributed by atoms with Crippen LogP contribution in [0, 0.1) is 0 Å². The molecule has 1 aromatic carbocycles. The second-order valence-electron chi connectivity index (χ2n) is 9.76. The molecule has 0 heterocycles. The summed E-state index contributed by atoms with van der Waals surface area (Å²) < 4.78 is 0. The highest BCUT2D eigenvalue weighted by molar-refractivity contribution is 5.85. The fraction of sp³-hybridized carbons (Fsp3) is 0.793. The molecule has 0 aliphatic heterocycles. The summed E-state index contributed by atoms with van der Waals surface area (Å²) in [6.45, 7) is 1.26. The Kier molecular flexibility index (Phi) is 23.7. The van der Waals surface area contributed by atoms with Gasteiger partial charge in [0.15, 0.2) is 0 Å². The molecule has 0 aromatic heterocycles. The maximum absolute atomic E-state index is 2.30. The number of aryl methyl sites for hydroxylation is 1. The average molecular weight is 452 g/mol. The number of hydrogen-bond donors (Lipinski definition) is 0. The standard InChI is InChI=1S/C29H53N.ClH/c1-30(2)28-24-19-17-15-13-11-9-7-5-3-4-6-8-10-12-14-16-18-21-25-29-26-22-20-23-27-29;/h20,22-23,26-27H,3-19,21,24-25,28H2,1-2H3;1H. The third-order valence-electron chi connectivity index (χ3n) is 6.41. The van der Waals surface area contributed by atoms with Crippen molar-refractivity contribution in [3.63, 3.8) is 0 Å². The lowest BCUT2D eigenvalue weighted by atomic mass is 10.0. The molecule has 0 amide bonds. The van der Waals surface area contributed by atoms with Crippen LogP contribution < -0.4 is 0 Å². The lowest BCUT2D eigenvalue weighted by molar-refractivity contribution is 0.389. The predicted molar refractivity (Wildman–Crippen MR) is 144 cm³/mol. The van der Waals surface area contributed by atoms with Crippen LogP contribution >= 0.6 is 12.4 Å². The van der Waals surface area contributed by atoms with Crippen molar-refractivity contribution in [2.24, 2.45) is 0 Å². The molecule has 0 aliphatic rings. The van der Waals surface area contributed by atoms with Gasteiger partial charge in [0, 0.05) is 0 Å². The Morgan fingerprint density at radius 2 is 0.774 bits per heavy atom. The molecular weight excluding hydrogens is 398 g/mol. The highest BCUT2D eigenvalue weighted by Gasteiger charge is 1.96. The van der Waals surface area contributed by atoms with Crippen LogP contribution in [0.2, 0.25) is 0 Å². The summed E-state index contributed by atoms with van der Waals surface area (Å²) in [5.41, 5.74) is 1.50. The zero-order chi connectivity index (χ0) is 21.5. The number of nitrogens with zero attached hydrogens (tertiary/aromatic N) is 1. The molecule has 31 heavy (non-hydrogen) atoms. The summed E-state index contributed by atoms with van der Waals surface area (Å²) in [6, 6.07) is 10.9. The van der Waals surface area contributed by atoms with Gasteiger partial charge < -0.3 is 4.90 Å². The molecule has 0 saturated heterocycles. The topological polar surface area (TPSA) is 3.24 Å². The van der Waals surface area contributed by atoms with Crippen molar-refractivity contribution in [3.05, 3.63) is 35.9 Å². The third-order valence-corrected chi connectivity index (χ3v) is 6.41. The summed E-state index contributed by atoms with van der Waals surface area (Å²) >= 11 is 0. The van der Waals surface area contributed by atoms with Gasteiger partial charge in [0.1, 0.15) is 0 Å². The summed E-state index contributed by atoms with van der Waals surface area (Å²) in [4.78, 5) is 2.30. The first-order valence-corrected chi connectivity index (χ1v) is 13.5. The fourth-order valence-electron chi connectivity index (χ4n) is 4.41. The highest BCUT2D eigenvalue weighted by Crippen LogP contribution is 2.15. The van der Waals surface area contributed by atoms with Crippen LogP contribution in [0.5, 0.6) is 0 Å². The van der Waals surface area contributed by atoms with Gasteiger partial charge in [-0.2, -0.15) is 0 Å². The minimum absolute atomic E-state index is 0. The van der Waals surface area contributed by atoms with E-state index >= 15 is 0 Å². The molecule has 2 heteroatoms. The van der Waals surface area contributed by atoms with Gasteiger partial charge in [0.25, 0.3) is 0 Å². The van der Waals surface area contributed by atoms with E-state index in [1.807, 2.05) is 0 Å². The van der Waals surface area contributed by atoms with Gasteiger partial charge in [-0.15, -0.1) is 12.4 Å². The molecule has 1 nitrogen and oxygen atoms in total. The maximum atomic E-state index is 2.30. The third kappa shape index (κ3) is 22.5. The fourth-order valence-corrected chi connectivity index (χ4v) is 4.41. The summed E-state index contributed by atoms with van der Waals surface area (Å²) in [6.07, 6.45) is 28.8. The van der Waals surface area contributed by atoms with E-state index in [9.17, 15) is 0 Å². The molecule has 0 atom stereocenters. The molecule has 0 fully saturated rings. The van der Waals surface area contributed by atoms with E-state index in [1.54, 1.807) is 0 Å². The first-order chi connectivity index (χ1) is 14.8. The van der Waals surface area contributed by atoms with Crippen molar-refractivity contribution in [3.8, 4) is 0 Å². The molecule has 0 N–H and O–H groups in total. The zero-order valence-electron chi connectivity index (χ0n) is 21.1. The second kappa shape index (κ2) is 24.1. The smallest absolute Gasteiger partial charge is 0.00248 e. The molecule has 1 rings (SSSR count). The Hall–Kier alpha value is -0.530. The Bertz CT molecular complexity index is 445. The highest BCUT2D eigenvalue weighted by atomic mass is 35.5. The molecule has 182 valence electrons. The normalized spacial score (nSPS) is 11.1. The number of unbranched alkanes of at least 4 members (excludes halogenated alkanes) is 18. The van der Waals surface area contributed by atoms with Gasteiger partial charge in [-0.25, -0.2) is 0 Å². The molecule has 0 saturated carbocycles. The van der Waals surface area contributed by atoms with Crippen LogP contribution in [-0.4, -0.2) is 25.5 Å². The van der Waals surface area contributed by atoms with E-state index < -0.39 is 0 Å². The maximum Gasteiger partial charge on any atom is -0.00248 e. The molecule has 0 bridgehead atoms. The van der Waals surface area contributed by atoms with Crippen molar-refractivity contribution in [2.45, 2.75) is 128 Å². The van der Waals surface area contributed by atoms with E-state index in [-0.39, 0.29) is 12.4 Å². The van der Waals surface area contributed by atoms with E-state index in [1.165, 1.54) is 141 Å². The lowest BCUT2D eigenvalue weighted by Crippen LogP contribution is -2.12. The van der Waals surface area contributed by atoms with Crippen LogP contribution in [0.15, 0.2) is 30.3 Å². The van der Waals surface area contributed by atoms with Crippen LogP contribution in [-0.2, 0) is 6.42 Å². The number of benzene rings is 1. The molecule has 0 unspecified atom stereocenters. The van der Waals surface area contributed by atoms with Crippen LogP contribution in [0.4, 0.5) is 0 Å². The van der Waals surface area contributed by atoms with E-state index in [0.717, 1.165) is 0 Å². The molecular formula is C29H54ClN. The largest absolute Gasteiger partial charge is 0.309 e. The summed E-state index contributed by atoms with van der Waals surface area (Å²) in [5.74, 6) is 0.